The van der Waals surface area contributed by atoms with Gasteiger partial charge in [-0.05, 0) is 12.3 Å². The summed E-state index contributed by atoms with van der Waals surface area (Å²) in [5, 5.41) is 0. The zero-order valence-corrected chi connectivity index (χ0v) is 10.9. The topological polar surface area (TPSA) is 47.3 Å². The van der Waals surface area contributed by atoms with Gasteiger partial charge in [-0.1, -0.05) is 6.92 Å². The quantitative estimate of drug-likeness (QED) is 0.279. The fourth-order valence-corrected chi connectivity index (χ4v) is 1.90. The van der Waals surface area contributed by atoms with Crippen molar-refractivity contribution in [1.29, 1.82) is 0 Å². The maximum absolute atomic E-state index is 13.7. The largest absolute Gasteiger partial charge is 0.385 e. The molecule has 0 aliphatic rings. The van der Waals surface area contributed by atoms with Gasteiger partial charge in [0, 0.05) is 19.3 Å². The summed E-state index contributed by atoms with van der Waals surface area (Å²) in [4.78, 5) is 0. The van der Waals surface area contributed by atoms with Crippen molar-refractivity contribution in [3.63, 3.8) is 0 Å². The van der Waals surface area contributed by atoms with Crippen molar-refractivity contribution in [1.82, 2.24) is 5.43 Å². The number of hydrogen-bond acceptors (Lipinski definition) is 3. The highest BCUT2D eigenvalue weighted by Gasteiger charge is 2.32. The SMILES string of the molecule is COCCC(C)C(NN)c1c(F)c(F)c(F)c(F)c1F. The van der Waals surface area contributed by atoms with Crippen LogP contribution in [0.15, 0.2) is 0 Å². The Kier molecular flexibility index (Phi) is 5.85. The van der Waals surface area contributed by atoms with E-state index in [-0.39, 0.29) is 6.61 Å². The monoisotopic (exact) mass is 298 g/mol. The third-order valence-corrected chi connectivity index (χ3v) is 3.08. The molecule has 0 fully saturated rings. The van der Waals surface area contributed by atoms with Crippen molar-refractivity contribution in [2.24, 2.45) is 11.8 Å². The van der Waals surface area contributed by atoms with Gasteiger partial charge in [-0.3, -0.25) is 11.3 Å². The van der Waals surface area contributed by atoms with Crippen LogP contribution in [0.2, 0.25) is 0 Å². The van der Waals surface area contributed by atoms with Crippen LogP contribution in [0.5, 0.6) is 0 Å². The molecule has 0 aliphatic carbocycles. The second-order valence-electron chi connectivity index (χ2n) is 4.39. The van der Waals surface area contributed by atoms with Crippen LogP contribution in [0.1, 0.15) is 24.9 Å². The molecule has 0 heterocycles. The number of rotatable bonds is 6. The van der Waals surface area contributed by atoms with Gasteiger partial charge in [-0.2, -0.15) is 0 Å². The lowest BCUT2D eigenvalue weighted by Crippen LogP contribution is -2.35. The lowest BCUT2D eigenvalue weighted by molar-refractivity contribution is 0.168. The third-order valence-electron chi connectivity index (χ3n) is 3.08. The normalized spacial score (nSPS) is 14.4. The molecule has 1 aromatic carbocycles. The van der Waals surface area contributed by atoms with Gasteiger partial charge in [0.25, 0.3) is 0 Å². The number of hydrazine groups is 1. The molecule has 0 bridgehead atoms. The molecule has 1 rings (SSSR count). The Morgan fingerprint density at radius 3 is 1.85 bits per heavy atom. The molecular formula is C12H15F5N2O. The number of nitrogens with two attached hydrogens (primary N) is 1. The first-order chi connectivity index (χ1) is 9.36. The summed E-state index contributed by atoms with van der Waals surface area (Å²) < 4.78 is 71.4. The molecule has 114 valence electrons. The molecular weight excluding hydrogens is 283 g/mol. The lowest BCUT2D eigenvalue weighted by Gasteiger charge is -2.24. The van der Waals surface area contributed by atoms with E-state index in [1.54, 1.807) is 6.92 Å². The van der Waals surface area contributed by atoms with Crippen molar-refractivity contribution < 1.29 is 26.7 Å². The van der Waals surface area contributed by atoms with Crippen LogP contribution in [0.25, 0.3) is 0 Å². The van der Waals surface area contributed by atoms with E-state index in [0.717, 1.165) is 0 Å². The van der Waals surface area contributed by atoms with Crippen LogP contribution in [-0.2, 0) is 4.74 Å². The average Bonchev–Trinajstić information content (AvgIpc) is 2.44. The standard InChI is InChI=1S/C12H15F5N2O/c1-5(3-4-20-2)12(19-18)6-7(13)9(15)11(17)10(16)8(6)14/h5,12,19H,3-4,18H2,1-2H3. The summed E-state index contributed by atoms with van der Waals surface area (Å²) in [6, 6.07) is -1.23. The zero-order chi connectivity index (χ0) is 15.4. The number of methoxy groups -OCH3 is 1. The highest BCUT2D eigenvalue weighted by molar-refractivity contribution is 5.27. The summed E-state index contributed by atoms with van der Waals surface area (Å²) in [6.45, 7) is 1.82. The highest BCUT2D eigenvalue weighted by Crippen LogP contribution is 2.32. The fourth-order valence-electron chi connectivity index (χ4n) is 1.90. The Balaban J connectivity index is 3.29. The molecule has 2 atom stereocenters. The van der Waals surface area contributed by atoms with Crippen molar-refractivity contribution in [3.05, 3.63) is 34.6 Å². The number of halogens is 5. The van der Waals surface area contributed by atoms with Gasteiger partial charge >= 0.3 is 0 Å². The first kappa shape index (κ1) is 16.8. The van der Waals surface area contributed by atoms with Gasteiger partial charge in [0.15, 0.2) is 23.3 Å². The zero-order valence-electron chi connectivity index (χ0n) is 10.9. The van der Waals surface area contributed by atoms with Crippen molar-refractivity contribution in [2.45, 2.75) is 19.4 Å². The summed E-state index contributed by atoms with van der Waals surface area (Å²) in [5.74, 6) is -5.24. The molecule has 0 aliphatic heterocycles. The van der Waals surface area contributed by atoms with Crippen molar-refractivity contribution in [3.8, 4) is 0 Å². The van der Waals surface area contributed by atoms with Gasteiger partial charge < -0.3 is 4.74 Å². The van der Waals surface area contributed by atoms with E-state index in [0.29, 0.717) is 6.42 Å². The van der Waals surface area contributed by atoms with E-state index in [4.69, 9.17) is 10.6 Å². The molecule has 3 nitrogen and oxygen atoms in total. The van der Waals surface area contributed by atoms with Crippen LogP contribution in [0, 0.1) is 35.0 Å². The Labute approximate surface area is 112 Å². The maximum Gasteiger partial charge on any atom is 0.200 e. The Morgan fingerprint density at radius 1 is 1.00 bits per heavy atom. The summed E-state index contributed by atoms with van der Waals surface area (Å²) >= 11 is 0. The van der Waals surface area contributed by atoms with Gasteiger partial charge in [-0.15, -0.1) is 0 Å². The summed E-state index contributed by atoms with van der Waals surface area (Å²) in [6.07, 6.45) is 0.324. The minimum atomic E-state index is -2.19. The lowest BCUT2D eigenvalue weighted by atomic mass is 9.91. The van der Waals surface area contributed by atoms with Gasteiger partial charge in [0.05, 0.1) is 6.04 Å². The highest BCUT2D eigenvalue weighted by atomic mass is 19.2. The summed E-state index contributed by atoms with van der Waals surface area (Å²) in [5.41, 5.74) is 1.13. The Morgan fingerprint density at radius 2 is 1.45 bits per heavy atom. The molecule has 2 unspecified atom stereocenters. The van der Waals surface area contributed by atoms with E-state index < -0.39 is 46.6 Å². The van der Waals surface area contributed by atoms with Crippen LogP contribution in [0.4, 0.5) is 22.0 Å². The molecule has 0 spiro atoms. The van der Waals surface area contributed by atoms with E-state index in [9.17, 15) is 22.0 Å². The van der Waals surface area contributed by atoms with E-state index in [1.807, 2.05) is 0 Å². The minimum absolute atomic E-state index is 0.259. The first-order valence-electron chi connectivity index (χ1n) is 5.83. The second kappa shape index (κ2) is 6.96. The van der Waals surface area contributed by atoms with Crippen molar-refractivity contribution >= 4 is 0 Å². The maximum atomic E-state index is 13.7. The molecule has 3 N–H and O–H groups in total. The Hall–Kier alpha value is -1.25. The fraction of sp³-hybridized carbons (Fsp3) is 0.500. The van der Waals surface area contributed by atoms with E-state index in [1.165, 1.54) is 7.11 Å². The molecule has 1 aromatic rings. The van der Waals surface area contributed by atoms with Crippen LogP contribution in [0.3, 0.4) is 0 Å². The van der Waals surface area contributed by atoms with Crippen LogP contribution < -0.4 is 11.3 Å². The Bertz CT molecular complexity index is 454. The molecule has 0 saturated carbocycles. The predicted molar refractivity (Wildman–Crippen MR) is 62.0 cm³/mol. The van der Waals surface area contributed by atoms with Crippen LogP contribution in [-0.4, -0.2) is 13.7 Å². The number of ether oxygens (including phenoxy) is 1. The minimum Gasteiger partial charge on any atom is -0.385 e. The molecule has 0 radical (unpaired) electrons. The second-order valence-corrected chi connectivity index (χ2v) is 4.39. The molecule has 20 heavy (non-hydrogen) atoms. The smallest absolute Gasteiger partial charge is 0.200 e. The number of nitrogens with one attached hydrogen (secondary N) is 1. The molecule has 0 amide bonds. The predicted octanol–water partition coefficient (Wildman–Crippen LogP) is 2.56. The van der Waals surface area contributed by atoms with Gasteiger partial charge in [0.1, 0.15) is 0 Å². The molecule has 0 aromatic heterocycles. The first-order valence-corrected chi connectivity index (χ1v) is 5.83. The van der Waals surface area contributed by atoms with Gasteiger partial charge in [0.2, 0.25) is 5.82 Å². The molecule has 8 heteroatoms. The third kappa shape index (κ3) is 3.08. The van der Waals surface area contributed by atoms with Crippen LogP contribution >= 0.6 is 0 Å². The number of hydrogen-bond donors (Lipinski definition) is 2. The number of benzene rings is 1. The average molecular weight is 298 g/mol. The molecule has 0 saturated heterocycles. The van der Waals surface area contributed by atoms with E-state index in [2.05, 4.69) is 5.43 Å². The summed E-state index contributed by atoms with van der Waals surface area (Å²) in [7, 11) is 1.43. The van der Waals surface area contributed by atoms with E-state index >= 15 is 0 Å². The van der Waals surface area contributed by atoms with Gasteiger partial charge in [-0.25, -0.2) is 22.0 Å². The van der Waals surface area contributed by atoms with Crippen molar-refractivity contribution in [2.75, 3.05) is 13.7 Å².